The zero-order chi connectivity index (χ0) is 19.0. The molecule has 0 aliphatic rings. The number of benzene rings is 2. The number of unbranched alkanes of at least 4 members (excludes halogenated alkanes) is 2. The van der Waals surface area contributed by atoms with Crippen molar-refractivity contribution in [3.63, 3.8) is 0 Å². The maximum Gasteiger partial charge on any atom is 0.359 e. The van der Waals surface area contributed by atoms with Gasteiger partial charge in [0.1, 0.15) is 6.10 Å². The predicted octanol–water partition coefficient (Wildman–Crippen LogP) is 6.21. The molecule has 2 rings (SSSR count). The van der Waals surface area contributed by atoms with Gasteiger partial charge in [0, 0.05) is 0 Å². The molecule has 0 spiro atoms. The second kappa shape index (κ2) is 10.0. The summed E-state index contributed by atoms with van der Waals surface area (Å²) in [6.07, 6.45) is 3.48. The minimum atomic E-state index is -3.56. The van der Waals surface area contributed by atoms with Gasteiger partial charge >= 0.3 is 7.60 Å². The van der Waals surface area contributed by atoms with E-state index in [-0.39, 0.29) is 13.2 Å². The number of fused-ring (bicyclic) bond motifs is 1. The molecule has 0 saturated heterocycles. The lowest BCUT2D eigenvalue weighted by molar-refractivity contribution is 0.193. The van der Waals surface area contributed by atoms with Gasteiger partial charge in [-0.15, -0.1) is 0 Å². The van der Waals surface area contributed by atoms with E-state index in [0.29, 0.717) is 10.9 Å². The lowest BCUT2D eigenvalue weighted by atomic mass is 9.99. The molecule has 4 nitrogen and oxygen atoms in total. The Labute approximate surface area is 156 Å². The van der Waals surface area contributed by atoms with Gasteiger partial charge in [-0.25, -0.2) is 0 Å². The van der Waals surface area contributed by atoms with Crippen LogP contribution in [-0.4, -0.2) is 18.3 Å². The number of aliphatic hydroxyl groups excluding tert-OH is 1. The molecule has 0 fully saturated rings. The molecule has 0 saturated carbocycles. The van der Waals surface area contributed by atoms with Gasteiger partial charge in [-0.3, -0.25) is 4.57 Å². The lowest BCUT2D eigenvalue weighted by Gasteiger charge is -2.25. The summed E-state index contributed by atoms with van der Waals surface area (Å²) in [6, 6.07) is 13.6. The maximum absolute atomic E-state index is 13.4. The SMILES string of the molecule is CCCC/C=C(/C(O)c1cccc2ccccc12)P(=O)(OCC)OCC. The summed E-state index contributed by atoms with van der Waals surface area (Å²) in [7, 11) is -3.56. The normalized spacial score (nSPS) is 13.9. The number of hydrogen-bond acceptors (Lipinski definition) is 4. The molecule has 2 aromatic carbocycles. The van der Waals surface area contributed by atoms with E-state index in [1.807, 2.05) is 48.5 Å². The van der Waals surface area contributed by atoms with Crippen LogP contribution in [-0.2, 0) is 13.6 Å². The molecule has 0 aromatic heterocycles. The Morgan fingerprint density at radius 3 is 2.38 bits per heavy atom. The summed E-state index contributed by atoms with van der Waals surface area (Å²) < 4.78 is 24.4. The van der Waals surface area contributed by atoms with Gasteiger partial charge in [0.05, 0.1) is 18.5 Å². The van der Waals surface area contributed by atoms with Crippen molar-refractivity contribution in [2.45, 2.75) is 46.1 Å². The van der Waals surface area contributed by atoms with Gasteiger partial charge in [0.15, 0.2) is 0 Å². The number of rotatable bonds is 10. The maximum atomic E-state index is 13.4. The van der Waals surface area contributed by atoms with Crippen molar-refractivity contribution >= 4 is 18.4 Å². The molecular formula is C21H29O4P. The zero-order valence-electron chi connectivity index (χ0n) is 15.9. The molecule has 1 unspecified atom stereocenters. The van der Waals surface area contributed by atoms with Crippen LogP contribution in [0, 0.1) is 0 Å². The third-order valence-electron chi connectivity index (χ3n) is 4.22. The molecule has 5 heteroatoms. The molecule has 0 bridgehead atoms. The van der Waals surface area contributed by atoms with Gasteiger partial charge < -0.3 is 14.2 Å². The van der Waals surface area contributed by atoms with Crippen LogP contribution in [0.1, 0.15) is 51.7 Å². The first-order valence-corrected chi connectivity index (χ1v) is 10.9. The summed E-state index contributed by atoms with van der Waals surface area (Å²) in [5.41, 5.74) is 0.713. The van der Waals surface area contributed by atoms with Gasteiger partial charge in [0.2, 0.25) is 0 Å². The van der Waals surface area contributed by atoms with Crippen molar-refractivity contribution in [2.24, 2.45) is 0 Å². The van der Waals surface area contributed by atoms with Crippen molar-refractivity contribution in [1.82, 2.24) is 0 Å². The van der Waals surface area contributed by atoms with Crippen molar-refractivity contribution < 1.29 is 18.7 Å². The first-order chi connectivity index (χ1) is 12.6. The monoisotopic (exact) mass is 376 g/mol. The molecule has 2 aromatic rings. The summed E-state index contributed by atoms with van der Waals surface area (Å²) in [4.78, 5) is 0. The third kappa shape index (κ3) is 4.83. The van der Waals surface area contributed by atoms with E-state index >= 15 is 0 Å². The second-order valence-corrected chi connectivity index (χ2v) is 8.10. The van der Waals surface area contributed by atoms with Crippen molar-refractivity contribution in [1.29, 1.82) is 0 Å². The van der Waals surface area contributed by atoms with Crippen LogP contribution in [0.3, 0.4) is 0 Å². The Morgan fingerprint density at radius 2 is 1.73 bits per heavy atom. The number of aliphatic hydroxyl groups is 1. The molecule has 142 valence electrons. The van der Waals surface area contributed by atoms with E-state index in [2.05, 4.69) is 6.92 Å². The average molecular weight is 376 g/mol. The zero-order valence-corrected chi connectivity index (χ0v) is 16.7. The Balaban J connectivity index is 2.53. The first kappa shape index (κ1) is 20.9. The number of hydrogen-bond donors (Lipinski definition) is 1. The first-order valence-electron chi connectivity index (χ1n) is 9.32. The average Bonchev–Trinajstić information content (AvgIpc) is 2.64. The highest BCUT2D eigenvalue weighted by atomic mass is 31.2. The number of allylic oxidation sites excluding steroid dienone is 1. The van der Waals surface area contributed by atoms with Crippen LogP contribution in [0.4, 0.5) is 0 Å². The standard InChI is InChI=1S/C21H29O4P/c1-4-7-8-16-20(26(23,24-5-2)25-6-3)21(22)19-15-11-13-17-12-9-10-14-18(17)19/h9-16,21-22H,4-8H2,1-3H3/b20-16-. The summed E-state index contributed by atoms with van der Waals surface area (Å²) in [6.45, 7) is 6.16. The predicted molar refractivity (Wildman–Crippen MR) is 107 cm³/mol. The minimum Gasteiger partial charge on any atom is -0.383 e. The van der Waals surface area contributed by atoms with Crippen LogP contribution in [0.15, 0.2) is 53.9 Å². The molecule has 1 atom stereocenters. The van der Waals surface area contributed by atoms with Crippen LogP contribution in [0.5, 0.6) is 0 Å². The van der Waals surface area contributed by atoms with Crippen LogP contribution in [0.25, 0.3) is 10.8 Å². The fourth-order valence-corrected chi connectivity index (χ4v) is 4.85. The van der Waals surface area contributed by atoms with Gasteiger partial charge in [-0.2, -0.15) is 0 Å². The van der Waals surface area contributed by atoms with Crippen LogP contribution >= 0.6 is 7.60 Å². The molecule has 0 radical (unpaired) electrons. The fourth-order valence-electron chi connectivity index (χ4n) is 3.00. The van der Waals surface area contributed by atoms with Crippen LogP contribution in [0.2, 0.25) is 0 Å². The molecule has 1 N–H and O–H groups in total. The Hall–Kier alpha value is -1.45. The van der Waals surface area contributed by atoms with E-state index in [1.54, 1.807) is 13.8 Å². The lowest BCUT2D eigenvalue weighted by Crippen LogP contribution is -2.08. The molecule has 0 heterocycles. The van der Waals surface area contributed by atoms with E-state index < -0.39 is 13.7 Å². The summed E-state index contributed by atoms with van der Waals surface area (Å²) in [5.74, 6) is 0. The van der Waals surface area contributed by atoms with Crippen LogP contribution < -0.4 is 0 Å². The molecule has 26 heavy (non-hydrogen) atoms. The van der Waals surface area contributed by atoms with Gasteiger partial charge in [-0.05, 0) is 36.6 Å². The van der Waals surface area contributed by atoms with Gasteiger partial charge in [-0.1, -0.05) is 68.3 Å². The largest absolute Gasteiger partial charge is 0.383 e. The second-order valence-electron chi connectivity index (χ2n) is 6.08. The van der Waals surface area contributed by atoms with Crippen molar-refractivity contribution in [3.8, 4) is 0 Å². The Bertz CT molecular complexity index is 769. The Kier molecular flexibility index (Phi) is 8.05. The molecule has 0 aliphatic carbocycles. The quantitative estimate of drug-likeness (QED) is 0.395. The highest BCUT2D eigenvalue weighted by Gasteiger charge is 2.35. The molecule has 0 aliphatic heterocycles. The minimum absolute atomic E-state index is 0.255. The fraction of sp³-hybridized carbons (Fsp3) is 0.429. The molecule has 0 amide bonds. The van der Waals surface area contributed by atoms with E-state index in [1.165, 1.54) is 0 Å². The highest BCUT2D eigenvalue weighted by molar-refractivity contribution is 7.58. The van der Waals surface area contributed by atoms with Crippen molar-refractivity contribution in [3.05, 3.63) is 59.4 Å². The highest BCUT2D eigenvalue weighted by Crippen LogP contribution is 2.60. The smallest absolute Gasteiger partial charge is 0.359 e. The van der Waals surface area contributed by atoms with Crippen molar-refractivity contribution in [2.75, 3.05) is 13.2 Å². The molecular weight excluding hydrogens is 347 g/mol. The Morgan fingerprint density at radius 1 is 1.08 bits per heavy atom. The summed E-state index contributed by atoms with van der Waals surface area (Å²) >= 11 is 0. The van der Waals surface area contributed by atoms with E-state index in [4.69, 9.17) is 9.05 Å². The van der Waals surface area contributed by atoms with Gasteiger partial charge in [0.25, 0.3) is 0 Å². The summed E-state index contributed by atoms with van der Waals surface area (Å²) in [5, 5.41) is 13.5. The van der Waals surface area contributed by atoms with E-state index in [0.717, 1.165) is 30.0 Å². The third-order valence-corrected chi connectivity index (χ3v) is 6.48. The topological polar surface area (TPSA) is 55.8 Å². The van der Waals surface area contributed by atoms with E-state index in [9.17, 15) is 9.67 Å².